The number of halogens is 1. The second kappa shape index (κ2) is 13.6. The van der Waals surface area contributed by atoms with E-state index in [1.165, 1.54) is 4.90 Å². The Morgan fingerprint density at radius 3 is 1.95 bits per heavy atom. The molecule has 0 aliphatic carbocycles. The lowest BCUT2D eigenvalue weighted by Crippen LogP contribution is -2.72. The molecule has 2 N–H and O–H groups in total. The van der Waals surface area contributed by atoms with Crippen LogP contribution < -0.4 is 5.32 Å². The Balaban J connectivity index is 1.28. The zero-order valence-corrected chi connectivity index (χ0v) is 23.8. The monoisotopic (exact) mass is 658 g/mol. The van der Waals surface area contributed by atoms with Crippen molar-refractivity contribution in [2.75, 3.05) is 17.6 Å². The van der Waals surface area contributed by atoms with Gasteiger partial charge in [-0.15, -0.1) is 0 Å². The van der Waals surface area contributed by atoms with Gasteiger partial charge >= 0.3 is 5.97 Å². The maximum atomic E-state index is 12.8. The summed E-state index contributed by atoms with van der Waals surface area (Å²) in [7, 11) is 0. The number of alkyl halides is 1. The number of β-lactam (4-membered cyclic amide) rings is 1. The Kier molecular flexibility index (Phi) is 10.0. The molecule has 10 heteroatoms. The number of aliphatic hydroxyl groups excluding tert-OH is 1. The number of rotatable bonds is 11. The summed E-state index contributed by atoms with van der Waals surface area (Å²) >= 11 is 7.40. The van der Waals surface area contributed by atoms with E-state index in [9.17, 15) is 19.5 Å². The zero-order chi connectivity index (χ0) is 27.8. The van der Waals surface area contributed by atoms with E-state index >= 15 is 0 Å². The van der Waals surface area contributed by atoms with Gasteiger partial charge in [-0.1, -0.05) is 114 Å². The molecule has 0 saturated carbocycles. The zero-order valence-electron chi connectivity index (χ0n) is 20.8. The first-order chi connectivity index (χ1) is 18.9. The minimum Gasteiger partial charge on any atom is -0.473 e. The van der Waals surface area contributed by atoms with Crippen molar-refractivity contribution in [2.24, 2.45) is 0 Å². The summed E-state index contributed by atoms with van der Waals surface area (Å²) < 4.78 is 11.7. The maximum Gasteiger partial charge on any atom is 0.345 e. The molecular weight excluding hydrogens is 631 g/mol. The highest BCUT2D eigenvalue weighted by Crippen LogP contribution is 2.26. The summed E-state index contributed by atoms with van der Waals surface area (Å²) in [5.74, 6) is -1.59. The van der Waals surface area contributed by atoms with E-state index in [0.717, 1.165) is 11.1 Å². The Morgan fingerprint density at radius 2 is 1.44 bits per heavy atom. The highest BCUT2D eigenvalue weighted by atomic mass is 127. The summed E-state index contributed by atoms with van der Waals surface area (Å²) in [6, 6.07) is 26.1. The molecule has 4 rings (SSSR count). The fraction of sp³-hybridized carbons (Fsp3) is 0.241. The molecule has 1 heterocycles. The topological polar surface area (TPSA) is 105 Å². The Bertz CT molecular complexity index is 1260. The number of aliphatic hydroxyl groups is 1. The lowest BCUT2D eigenvalue weighted by molar-refractivity contribution is -0.152. The minimum atomic E-state index is -1.38. The van der Waals surface area contributed by atoms with Crippen molar-refractivity contribution < 1.29 is 29.0 Å². The number of ether oxygens (including phenoxy) is 2. The van der Waals surface area contributed by atoms with Gasteiger partial charge in [0.05, 0.1) is 12.6 Å². The third-order valence-electron chi connectivity index (χ3n) is 6.26. The van der Waals surface area contributed by atoms with Gasteiger partial charge in [-0.05, 0) is 28.9 Å². The molecule has 39 heavy (non-hydrogen) atoms. The molecule has 1 fully saturated rings. The van der Waals surface area contributed by atoms with E-state index in [4.69, 9.17) is 21.7 Å². The van der Waals surface area contributed by atoms with Crippen molar-refractivity contribution in [1.29, 1.82) is 0 Å². The number of benzene rings is 3. The number of amides is 2. The number of hydrogen-bond acceptors (Lipinski definition) is 7. The van der Waals surface area contributed by atoms with E-state index in [0.29, 0.717) is 9.99 Å². The average molecular weight is 659 g/mol. The van der Waals surface area contributed by atoms with Crippen LogP contribution in [-0.4, -0.2) is 62.5 Å². The summed E-state index contributed by atoms with van der Waals surface area (Å²) in [6.07, 6.45) is -1.98. The highest BCUT2D eigenvalue weighted by Gasteiger charge is 2.48. The molecular formula is C29H27IN2O6S. The lowest BCUT2D eigenvalue weighted by Gasteiger charge is -2.46. The normalized spacial score (nSPS) is 17.2. The predicted octanol–water partition coefficient (Wildman–Crippen LogP) is 3.53. The second-order valence-electron chi connectivity index (χ2n) is 8.84. The van der Waals surface area contributed by atoms with Gasteiger partial charge in [-0.25, -0.2) is 4.79 Å². The largest absolute Gasteiger partial charge is 0.473 e. The predicted molar refractivity (Wildman–Crippen MR) is 157 cm³/mol. The molecule has 0 radical (unpaired) electrons. The third kappa shape index (κ3) is 7.20. The number of nitrogens with one attached hydrogen (secondary N) is 1. The molecule has 2 amide bonds. The van der Waals surface area contributed by atoms with Gasteiger partial charge in [0.15, 0.2) is 23.9 Å². The molecule has 1 saturated heterocycles. The summed E-state index contributed by atoms with van der Waals surface area (Å²) in [4.78, 5) is 39.4. The van der Waals surface area contributed by atoms with Gasteiger partial charge in [0, 0.05) is 4.43 Å². The van der Waals surface area contributed by atoms with Gasteiger partial charge in [0.2, 0.25) is 5.91 Å². The van der Waals surface area contributed by atoms with E-state index in [1.54, 1.807) is 30.3 Å². The van der Waals surface area contributed by atoms with E-state index in [-0.39, 0.29) is 23.5 Å². The van der Waals surface area contributed by atoms with Crippen LogP contribution in [-0.2, 0) is 23.9 Å². The number of nitrogens with zero attached hydrogens (tertiary/aromatic N) is 1. The summed E-state index contributed by atoms with van der Waals surface area (Å²) in [5, 5.41) is 13.0. The second-order valence-corrected chi connectivity index (χ2v) is 10.2. The molecule has 3 aromatic rings. The van der Waals surface area contributed by atoms with Crippen LogP contribution in [0.3, 0.4) is 0 Å². The molecule has 1 unspecified atom stereocenters. The van der Waals surface area contributed by atoms with E-state index in [1.807, 2.05) is 60.7 Å². The molecule has 8 nitrogen and oxygen atoms in total. The quantitative estimate of drug-likeness (QED) is 0.107. The highest BCUT2D eigenvalue weighted by molar-refractivity contribution is 14.1. The number of thiocarbonyl (C=S) groups is 1. The molecule has 202 valence electrons. The van der Waals surface area contributed by atoms with Gasteiger partial charge < -0.3 is 24.8 Å². The van der Waals surface area contributed by atoms with Gasteiger partial charge in [0.1, 0.15) is 6.04 Å². The van der Waals surface area contributed by atoms with Crippen LogP contribution in [0.25, 0.3) is 0 Å². The van der Waals surface area contributed by atoms with Crippen molar-refractivity contribution >= 4 is 57.6 Å². The van der Waals surface area contributed by atoms with Crippen LogP contribution in [0, 0.1) is 0 Å². The SMILES string of the molecule is O=C(COC(=S)CN1C(=O)[C@H](NC(=O)C(O)c2ccccc2)[C@@H]1CI)OC(c1ccccc1)c1ccccc1. The molecule has 3 aromatic carbocycles. The standard InChI is InChI=1S/C29H27IN2O6S/c30-16-22-25(31-28(35)26(34)19-10-4-1-5-11-19)29(36)32(22)17-24(39)37-18-23(33)38-27(20-12-6-2-7-13-20)21-14-8-3-9-15-21/h1-15,22,25-27,34H,16-18H2,(H,31,35)/t22-,25+,26?/m0/s1. The van der Waals surface area contributed by atoms with Crippen LogP contribution in [0.1, 0.15) is 28.9 Å². The Morgan fingerprint density at radius 1 is 0.923 bits per heavy atom. The molecule has 1 aliphatic rings. The molecule has 0 spiro atoms. The van der Waals surface area contributed by atoms with Crippen LogP contribution in [0.15, 0.2) is 91.0 Å². The van der Waals surface area contributed by atoms with Crippen LogP contribution >= 0.6 is 34.8 Å². The van der Waals surface area contributed by atoms with Gasteiger partial charge in [-0.2, -0.15) is 0 Å². The minimum absolute atomic E-state index is 0.0104. The third-order valence-corrected chi connectivity index (χ3v) is 7.41. The Hall–Kier alpha value is -3.35. The molecule has 1 aliphatic heterocycles. The first-order valence-corrected chi connectivity index (χ1v) is 14.2. The molecule has 3 atom stereocenters. The molecule has 0 aromatic heterocycles. The van der Waals surface area contributed by atoms with E-state index in [2.05, 4.69) is 27.9 Å². The molecule has 0 bridgehead atoms. The van der Waals surface area contributed by atoms with Crippen molar-refractivity contribution in [1.82, 2.24) is 10.2 Å². The van der Waals surface area contributed by atoms with Crippen LogP contribution in [0.4, 0.5) is 0 Å². The fourth-order valence-corrected chi connectivity index (χ4v) is 5.40. The number of carbonyl (C=O) groups excluding carboxylic acids is 3. The Labute approximate surface area is 245 Å². The average Bonchev–Trinajstić information content (AvgIpc) is 2.98. The van der Waals surface area contributed by atoms with Crippen molar-refractivity contribution in [3.8, 4) is 0 Å². The number of carbonyl (C=O) groups is 3. The summed E-state index contributed by atoms with van der Waals surface area (Å²) in [5.41, 5.74) is 2.08. The van der Waals surface area contributed by atoms with Crippen molar-refractivity contribution in [3.63, 3.8) is 0 Å². The van der Waals surface area contributed by atoms with E-state index < -0.39 is 36.7 Å². The van der Waals surface area contributed by atoms with Crippen molar-refractivity contribution in [3.05, 3.63) is 108 Å². The first kappa shape index (κ1) is 28.7. The van der Waals surface area contributed by atoms with Crippen LogP contribution in [0.2, 0.25) is 0 Å². The number of esters is 1. The summed E-state index contributed by atoms with van der Waals surface area (Å²) in [6.45, 7) is -0.418. The lowest BCUT2D eigenvalue weighted by atomic mass is 9.96. The van der Waals surface area contributed by atoms with Gasteiger partial charge in [-0.3, -0.25) is 9.59 Å². The number of hydrogen-bond donors (Lipinski definition) is 2. The van der Waals surface area contributed by atoms with Gasteiger partial charge in [0.25, 0.3) is 5.91 Å². The maximum absolute atomic E-state index is 12.8. The van der Waals surface area contributed by atoms with Crippen molar-refractivity contribution in [2.45, 2.75) is 24.3 Å². The first-order valence-electron chi connectivity index (χ1n) is 12.2. The smallest absolute Gasteiger partial charge is 0.345 e. The fourth-order valence-electron chi connectivity index (χ4n) is 4.22. The number of likely N-dealkylation sites (tertiary alicyclic amines) is 1. The van der Waals surface area contributed by atoms with Crippen LogP contribution in [0.5, 0.6) is 0 Å².